The van der Waals surface area contributed by atoms with Crippen molar-refractivity contribution in [1.29, 1.82) is 0 Å². The van der Waals surface area contributed by atoms with E-state index in [4.69, 9.17) is 0 Å². The van der Waals surface area contributed by atoms with Crippen molar-refractivity contribution in [3.05, 3.63) is 64.7 Å². The number of piperidine rings is 1. The van der Waals surface area contributed by atoms with Crippen LogP contribution in [0.4, 0.5) is 5.69 Å². The topological polar surface area (TPSA) is 32.3 Å². The molecule has 0 bridgehead atoms. The largest absolute Gasteiger partial charge is 0.371 e. The summed E-state index contributed by atoms with van der Waals surface area (Å²) in [5.74, 6) is 0.846. The van der Waals surface area contributed by atoms with Crippen LogP contribution in [0.2, 0.25) is 0 Å². The molecule has 1 aliphatic rings. The molecule has 0 aliphatic carbocycles. The number of nitrogens with one attached hydrogen (secondary N) is 1. The Morgan fingerprint density at radius 2 is 1.92 bits per heavy atom. The number of carbonyl (C=O) groups is 1. The van der Waals surface area contributed by atoms with Crippen molar-refractivity contribution < 1.29 is 4.79 Å². The van der Waals surface area contributed by atoms with Crippen molar-refractivity contribution in [2.45, 2.75) is 46.6 Å². The summed E-state index contributed by atoms with van der Waals surface area (Å²) < 4.78 is 0. The average Bonchev–Trinajstić information content (AvgIpc) is 2.63. The van der Waals surface area contributed by atoms with Gasteiger partial charge >= 0.3 is 0 Å². The molecule has 1 aliphatic heterocycles. The molecule has 1 atom stereocenters. The molecule has 138 valence electrons. The van der Waals surface area contributed by atoms with Crippen LogP contribution in [-0.2, 0) is 17.8 Å². The first-order valence-electron chi connectivity index (χ1n) is 9.68. The highest BCUT2D eigenvalue weighted by Crippen LogP contribution is 2.23. The van der Waals surface area contributed by atoms with Gasteiger partial charge in [-0.3, -0.25) is 4.79 Å². The van der Waals surface area contributed by atoms with E-state index in [0.29, 0.717) is 13.0 Å². The lowest BCUT2D eigenvalue weighted by Crippen LogP contribution is -2.34. The lowest BCUT2D eigenvalue weighted by molar-refractivity contribution is -0.120. The van der Waals surface area contributed by atoms with Crippen molar-refractivity contribution in [1.82, 2.24) is 5.32 Å². The van der Waals surface area contributed by atoms with E-state index in [0.717, 1.165) is 30.1 Å². The molecule has 0 unspecified atom stereocenters. The lowest BCUT2D eigenvalue weighted by atomic mass is 9.99. The number of aryl methyl sites for hydroxylation is 2. The SMILES string of the molecule is Cc1ccc(CC(=O)NCc2ccc(N3CCC[C@@H](C)C3)cc2)c(C)c1. The van der Waals surface area contributed by atoms with Gasteiger partial charge in [-0.05, 0) is 61.4 Å². The molecule has 0 radical (unpaired) electrons. The van der Waals surface area contributed by atoms with E-state index in [9.17, 15) is 4.79 Å². The molecule has 2 aromatic rings. The third kappa shape index (κ3) is 4.87. The molecule has 0 spiro atoms. The number of hydrogen-bond acceptors (Lipinski definition) is 2. The molecule has 2 aromatic carbocycles. The summed E-state index contributed by atoms with van der Waals surface area (Å²) >= 11 is 0. The van der Waals surface area contributed by atoms with Crippen LogP contribution in [0.1, 0.15) is 42.0 Å². The van der Waals surface area contributed by atoms with Gasteiger partial charge in [-0.2, -0.15) is 0 Å². The van der Waals surface area contributed by atoms with Gasteiger partial charge in [0.2, 0.25) is 5.91 Å². The molecule has 1 amide bonds. The molecule has 1 saturated heterocycles. The van der Waals surface area contributed by atoms with Crippen LogP contribution in [0.25, 0.3) is 0 Å². The van der Waals surface area contributed by atoms with Gasteiger partial charge in [0, 0.05) is 25.3 Å². The van der Waals surface area contributed by atoms with Crippen LogP contribution >= 0.6 is 0 Å². The first-order chi connectivity index (χ1) is 12.5. The second-order valence-corrected chi connectivity index (χ2v) is 7.74. The first kappa shape index (κ1) is 18.5. The predicted octanol–water partition coefficient (Wildman–Crippen LogP) is 4.40. The molecule has 3 heteroatoms. The maximum absolute atomic E-state index is 12.3. The zero-order chi connectivity index (χ0) is 18.5. The quantitative estimate of drug-likeness (QED) is 0.867. The summed E-state index contributed by atoms with van der Waals surface area (Å²) in [6.07, 6.45) is 3.05. The maximum Gasteiger partial charge on any atom is 0.224 e. The van der Waals surface area contributed by atoms with Crippen LogP contribution in [0.3, 0.4) is 0 Å². The van der Waals surface area contributed by atoms with Gasteiger partial charge in [0.25, 0.3) is 0 Å². The second-order valence-electron chi connectivity index (χ2n) is 7.74. The summed E-state index contributed by atoms with van der Waals surface area (Å²) in [5.41, 5.74) is 5.95. The van der Waals surface area contributed by atoms with Gasteiger partial charge in [0.15, 0.2) is 0 Å². The maximum atomic E-state index is 12.3. The minimum Gasteiger partial charge on any atom is -0.371 e. The molecule has 1 heterocycles. The fourth-order valence-electron chi connectivity index (χ4n) is 3.73. The third-order valence-corrected chi connectivity index (χ3v) is 5.30. The zero-order valence-electron chi connectivity index (χ0n) is 16.2. The van der Waals surface area contributed by atoms with Gasteiger partial charge in [-0.25, -0.2) is 0 Å². The Labute approximate surface area is 157 Å². The highest BCUT2D eigenvalue weighted by Gasteiger charge is 2.16. The summed E-state index contributed by atoms with van der Waals surface area (Å²) in [6.45, 7) is 9.34. The number of carbonyl (C=O) groups excluding carboxylic acids is 1. The van der Waals surface area contributed by atoms with E-state index < -0.39 is 0 Å². The van der Waals surface area contributed by atoms with Crippen molar-refractivity contribution in [3.63, 3.8) is 0 Å². The number of hydrogen-bond donors (Lipinski definition) is 1. The van der Waals surface area contributed by atoms with Crippen molar-refractivity contribution in [2.75, 3.05) is 18.0 Å². The van der Waals surface area contributed by atoms with E-state index in [1.54, 1.807) is 0 Å². The molecule has 3 nitrogen and oxygen atoms in total. The van der Waals surface area contributed by atoms with Gasteiger partial charge in [-0.15, -0.1) is 0 Å². The highest BCUT2D eigenvalue weighted by atomic mass is 16.1. The van der Waals surface area contributed by atoms with E-state index in [2.05, 4.69) is 73.5 Å². The van der Waals surface area contributed by atoms with Crippen LogP contribution in [0.5, 0.6) is 0 Å². The Morgan fingerprint density at radius 3 is 2.62 bits per heavy atom. The Kier molecular flexibility index (Phi) is 5.97. The van der Waals surface area contributed by atoms with Crippen molar-refractivity contribution in [2.24, 2.45) is 5.92 Å². The van der Waals surface area contributed by atoms with Crippen LogP contribution < -0.4 is 10.2 Å². The standard InChI is InChI=1S/C23H30N2O/c1-17-6-9-21(19(3)13-17)14-23(26)24-15-20-7-10-22(11-8-20)25-12-4-5-18(2)16-25/h6-11,13,18H,4-5,12,14-16H2,1-3H3,(H,24,26)/t18-/m1/s1. The lowest BCUT2D eigenvalue weighted by Gasteiger charge is -2.32. The van der Waals surface area contributed by atoms with Crippen LogP contribution in [0, 0.1) is 19.8 Å². The Bertz CT molecular complexity index is 751. The van der Waals surface area contributed by atoms with E-state index in [1.165, 1.54) is 29.7 Å². The molecular weight excluding hydrogens is 320 g/mol. The molecule has 0 aromatic heterocycles. The summed E-state index contributed by atoms with van der Waals surface area (Å²) in [7, 11) is 0. The second kappa shape index (κ2) is 8.39. The van der Waals surface area contributed by atoms with E-state index in [-0.39, 0.29) is 5.91 Å². The number of nitrogens with zero attached hydrogens (tertiary/aromatic N) is 1. The summed E-state index contributed by atoms with van der Waals surface area (Å²) in [5, 5.41) is 3.04. The Balaban J connectivity index is 1.52. The Hall–Kier alpha value is -2.29. The average molecular weight is 351 g/mol. The van der Waals surface area contributed by atoms with Crippen molar-refractivity contribution in [3.8, 4) is 0 Å². The number of amides is 1. The predicted molar refractivity (Wildman–Crippen MR) is 109 cm³/mol. The van der Waals surface area contributed by atoms with Crippen LogP contribution in [0.15, 0.2) is 42.5 Å². The van der Waals surface area contributed by atoms with Crippen molar-refractivity contribution >= 4 is 11.6 Å². The third-order valence-electron chi connectivity index (χ3n) is 5.30. The highest BCUT2D eigenvalue weighted by molar-refractivity contribution is 5.79. The number of benzene rings is 2. The Morgan fingerprint density at radius 1 is 1.15 bits per heavy atom. The number of anilines is 1. The molecule has 1 fully saturated rings. The normalized spacial score (nSPS) is 17.2. The minimum absolute atomic E-state index is 0.0749. The molecule has 3 rings (SSSR count). The first-order valence-corrected chi connectivity index (χ1v) is 9.68. The fourth-order valence-corrected chi connectivity index (χ4v) is 3.73. The molecule has 0 saturated carbocycles. The van der Waals surface area contributed by atoms with Crippen LogP contribution in [-0.4, -0.2) is 19.0 Å². The number of rotatable bonds is 5. The van der Waals surface area contributed by atoms with Gasteiger partial charge in [0.05, 0.1) is 6.42 Å². The minimum atomic E-state index is 0.0749. The summed E-state index contributed by atoms with van der Waals surface area (Å²) in [6, 6.07) is 14.9. The zero-order valence-corrected chi connectivity index (χ0v) is 16.2. The monoisotopic (exact) mass is 350 g/mol. The van der Waals surface area contributed by atoms with E-state index >= 15 is 0 Å². The molecular formula is C23H30N2O. The van der Waals surface area contributed by atoms with Gasteiger partial charge < -0.3 is 10.2 Å². The smallest absolute Gasteiger partial charge is 0.224 e. The summed E-state index contributed by atoms with van der Waals surface area (Å²) in [4.78, 5) is 14.7. The van der Waals surface area contributed by atoms with Gasteiger partial charge in [-0.1, -0.05) is 42.8 Å². The molecule has 1 N–H and O–H groups in total. The fraction of sp³-hybridized carbons (Fsp3) is 0.435. The molecule has 26 heavy (non-hydrogen) atoms. The van der Waals surface area contributed by atoms with Gasteiger partial charge in [0.1, 0.15) is 0 Å². The van der Waals surface area contributed by atoms with E-state index in [1.807, 2.05) is 0 Å².